The summed E-state index contributed by atoms with van der Waals surface area (Å²) in [4.78, 5) is 11.4. The van der Waals surface area contributed by atoms with Gasteiger partial charge in [-0.25, -0.2) is 19.3 Å². The minimum absolute atomic E-state index is 0.00222. The van der Waals surface area contributed by atoms with Crippen LogP contribution >= 0.6 is 0 Å². The average Bonchev–Trinajstić information content (AvgIpc) is 3.09. The maximum absolute atomic E-state index is 12.9. The average molecular weight is 417 g/mol. The maximum atomic E-state index is 12.9. The number of nitrogens with zero attached hydrogens (tertiary/aromatic N) is 3. The molecule has 0 aliphatic heterocycles. The van der Waals surface area contributed by atoms with Crippen molar-refractivity contribution in [3.05, 3.63) is 72.7 Å². The van der Waals surface area contributed by atoms with E-state index in [0.717, 1.165) is 35.3 Å². The van der Waals surface area contributed by atoms with E-state index >= 15 is 0 Å². The molecule has 2 aromatic carbocycles. The molecule has 0 saturated heterocycles. The second-order valence-corrected chi connectivity index (χ2v) is 7.98. The summed E-state index contributed by atoms with van der Waals surface area (Å²) in [5.74, 6) is 0.512. The van der Waals surface area contributed by atoms with Gasteiger partial charge in [0.2, 0.25) is 0 Å². The highest BCUT2D eigenvalue weighted by molar-refractivity contribution is 7.91. The van der Waals surface area contributed by atoms with Crippen LogP contribution < -0.4 is 5.14 Å². The summed E-state index contributed by atoms with van der Waals surface area (Å²) < 4.78 is 55.2. The van der Waals surface area contributed by atoms with Gasteiger partial charge in [-0.3, -0.25) is 0 Å². The number of halogens is 3. The van der Waals surface area contributed by atoms with E-state index in [2.05, 4.69) is 19.3 Å². The van der Waals surface area contributed by atoms with E-state index in [-0.39, 0.29) is 4.90 Å². The number of hydrogen-bond acceptors (Lipinski definition) is 4. The molecule has 0 saturated carbocycles. The fourth-order valence-corrected chi connectivity index (χ4v) is 3.88. The first kappa shape index (κ1) is 19.1. The molecule has 0 amide bonds. The minimum Gasteiger partial charge on any atom is -0.359 e. The molecular formula is C19H14F3N5OS. The van der Waals surface area contributed by atoms with Crippen LogP contribution in [0.1, 0.15) is 5.56 Å². The summed E-state index contributed by atoms with van der Waals surface area (Å²) in [6, 6.07) is 10.9. The van der Waals surface area contributed by atoms with Crippen LogP contribution in [0.2, 0.25) is 0 Å². The standard InChI is InChI=1S/C19H14F3N5OS/c20-19(21,22)13-3-5-14(6-4-13)29(23,28)27-17-11-26-16-7-2-12(10-15(16)17)18-24-8-1-9-25-18/h1-11,26H,(H2,23,27,28). The fourth-order valence-electron chi connectivity index (χ4n) is 2.81. The van der Waals surface area contributed by atoms with Crippen molar-refractivity contribution in [1.82, 2.24) is 15.0 Å². The predicted molar refractivity (Wildman–Crippen MR) is 103 cm³/mol. The van der Waals surface area contributed by atoms with Gasteiger partial charge in [0.15, 0.2) is 5.82 Å². The molecule has 2 aromatic heterocycles. The van der Waals surface area contributed by atoms with Gasteiger partial charge in [-0.15, -0.1) is 0 Å². The molecule has 2 heterocycles. The van der Waals surface area contributed by atoms with Crippen LogP contribution in [0.15, 0.2) is 76.4 Å². The second-order valence-electron chi connectivity index (χ2n) is 6.19. The lowest BCUT2D eigenvalue weighted by atomic mass is 10.1. The first-order valence-corrected chi connectivity index (χ1v) is 9.92. The number of rotatable bonds is 3. The van der Waals surface area contributed by atoms with Crippen molar-refractivity contribution < 1.29 is 17.4 Å². The predicted octanol–water partition coefficient (Wildman–Crippen LogP) is 4.68. The molecule has 0 bridgehead atoms. The molecule has 3 N–H and O–H groups in total. The van der Waals surface area contributed by atoms with Gasteiger partial charge >= 0.3 is 6.18 Å². The summed E-state index contributed by atoms with van der Waals surface area (Å²) in [6.07, 6.45) is 0.285. The van der Waals surface area contributed by atoms with Gasteiger partial charge in [-0.2, -0.15) is 17.5 Å². The maximum Gasteiger partial charge on any atom is 0.416 e. The third-order valence-electron chi connectivity index (χ3n) is 4.24. The number of hydrogen-bond donors (Lipinski definition) is 2. The third kappa shape index (κ3) is 3.84. The van der Waals surface area contributed by atoms with Crippen LogP contribution in [0.3, 0.4) is 0 Å². The topological polar surface area (TPSA) is 97.0 Å². The zero-order valence-electron chi connectivity index (χ0n) is 14.7. The van der Waals surface area contributed by atoms with E-state index in [1.807, 2.05) is 6.07 Å². The Hall–Kier alpha value is -3.24. The zero-order chi connectivity index (χ0) is 20.6. The van der Waals surface area contributed by atoms with Crippen molar-refractivity contribution in [1.29, 1.82) is 0 Å². The lowest BCUT2D eigenvalue weighted by Crippen LogP contribution is -2.13. The molecule has 1 atom stereocenters. The Balaban J connectivity index is 1.77. The molecule has 0 aliphatic carbocycles. The lowest BCUT2D eigenvalue weighted by Gasteiger charge is -2.08. The molecule has 29 heavy (non-hydrogen) atoms. The van der Waals surface area contributed by atoms with Crippen molar-refractivity contribution in [2.24, 2.45) is 9.50 Å². The van der Waals surface area contributed by atoms with E-state index in [0.29, 0.717) is 16.9 Å². The third-order valence-corrected chi connectivity index (χ3v) is 5.65. The van der Waals surface area contributed by atoms with Gasteiger partial charge in [0.1, 0.15) is 9.92 Å². The minimum atomic E-state index is -4.49. The van der Waals surface area contributed by atoms with Crippen molar-refractivity contribution in [3.63, 3.8) is 0 Å². The number of H-pyrrole nitrogens is 1. The number of aromatic amines is 1. The highest BCUT2D eigenvalue weighted by Gasteiger charge is 2.30. The SMILES string of the molecule is NS(=O)(=Nc1c[nH]c2ccc(-c3ncccn3)cc12)c1ccc(C(F)(F)F)cc1. The van der Waals surface area contributed by atoms with E-state index in [9.17, 15) is 17.4 Å². The summed E-state index contributed by atoms with van der Waals surface area (Å²) >= 11 is 0. The molecule has 1 unspecified atom stereocenters. The molecule has 6 nitrogen and oxygen atoms in total. The van der Waals surface area contributed by atoms with E-state index in [4.69, 9.17) is 5.14 Å². The molecule has 0 fully saturated rings. The number of benzene rings is 2. The van der Waals surface area contributed by atoms with Gasteiger partial charge in [0.05, 0.1) is 16.1 Å². The van der Waals surface area contributed by atoms with Crippen LogP contribution in [-0.2, 0) is 16.1 Å². The molecule has 0 radical (unpaired) electrons. The van der Waals surface area contributed by atoms with Crippen LogP contribution in [0.5, 0.6) is 0 Å². The van der Waals surface area contributed by atoms with Crippen molar-refractivity contribution in [3.8, 4) is 11.4 Å². The summed E-state index contributed by atoms with van der Waals surface area (Å²) in [6.45, 7) is 0. The Kier molecular flexibility index (Phi) is 4.59. The molecule has 4 aromatic rings. The number of alkyl halides is 3. The number of nitrogens with two attached hydrogens (primary N) is 1. The quantitative estimate of drug-likeness (QED) is 0.507. The Bertz CT molecular complexity index is 1290. The largest absolute Gasteiger partial charge is 0.416 e. The van der Waals surface area contributed by atoms with Crippen LogP contribution in [-0.4, -0.2) is 19.2 Å². The molecule has 4 rings (SSSR count). The number of aromatic nitrogens is 3. The number of fused-ring (bicyclic) bond motifs is 1. The van der Waals surface area contributed by atoms with Crippen LogP contribution in [0.4, 0.5) is 18.9 Å². The fraction of sp³-hybridized carbons (Fsp3) is 0.0526. The summed E-state index contributed by atoms with van der Waals surface area (Å²) in [5.41, 5.74) is 0.930. The van der Waals surface area contributed by atoms with E-state index in [1.165, 1.54) is 6.20 Å². The van der Waals surface area contributed by atoms with Crippen molar-refractivity contribution in [2.45, 2.75) is 11.1 Å². The van der Waals surface area contributed by atoms with Crippen LogP contribution in [0.25, 0.3) is 22.3 Å². The molecule has 10 heteroatoms. The van der Waals surface area contributed by atoms with E-state index in [1.54, 1.807) is 30.6 Å². The molecular weight excluding hydrogens is 403 g/mol. The molecule has 0 aliphatic rings. The Labute approximate surface area is 163 Å². The first-order valence-electron chi connectivity index (χ1n) is 8.35. The van der Waals surface area contributed by atoms with Gasteiger partial charge in [-0.05, 0) is 48.5 Å². The lowest BCUT2D eigenvalue weighted by molar-refractivity contribution is -0.137. The van der Waals surface area contributed by atoms with E-state index < -0.39 is 21.7 Å². The second kappa shape index (κ2) is 6.98. The normalized spacial score (nSPS) is 13.9. The summed E-state index contributed by atoms with van der Waals surface area (Å²) in [7, 11) is -3.46. The van der Waals surface area contributed by atoms with Crippen LogP contribution in [0, 0.1) is 0 Å². The Morgan fingerprint density at radius 2 is 1.72 bits per heavy atom. The Morgan fingerprint density at radius 1 is 1.03 bits per heavy atom. The van der Waals surface area contributed by atoms with Gasteiger partial charge < -0.3 is 4.98 Å². The first-order chi connectivity index (χ1) is 13.7. The Morgan fingerprint density at radius 3 is 2.38 bits per heavy atom. The molecule has 0 spiro atoms. The van der Waals surface area contributed by atoms with Crippen molar-refractivity contribution in [2.75, 3.05) is 0 Å². The smallest absolute Gasteiger partial charge is 0.359 e. The zero-order valence-corrected chi connectivity index (χ0v) is 15.5. The number of nitrogens with one attached hydrogen (secondary N) is 1. The summed E-state index contributed by atoms with van der Waals surface area (Å²) in [5, 5.41) is 6.51. The van der Waals surface area contributed by atoms with Gasteiger partial charge in [-0.1, -0.05) is 0 Å². The van der Waals surface area contributed by atoms with Gasteiger partial charge in [0.25, 0.3) is 0 Å². The highest BCUT2D eigenvalue weighted by atomic mass is 32.2. The highest BCUT2D eigenvalue weighted by Crippen LogP contribution is 2.32. The monoisotopic (exact) mass is 417 g/mol. The van der Waals surface area contributed by atoms with Crippen molar-refractivity contribution >= 4 is 26.5 Å². The van der Waals surface area contributed by atoms with Gasteiger partial charge in [0, 0.05) is 35.1 Å². The molecule has 148 valence electrons.